The Morgan fingerprint density at radius 3 is 3.00 bits per heavy atom. The molecule has 1 atom stereocenters. The summed E-state index contributed by atoms with van der Waals surface area (Å²) < 4.78 is 0. The lowest BCUT2D eigenvalue weighted by Gasteiger charge is -2.19. The Hall–Kier alpha value is -1.07. The van der Waals surface area contributed by atoms with Crippen molar-refractivity contribution in [2.24, 2.45) is 0 Å². The van der Waals surface area contributed by atoms with Crippen LogP contribution < -0.4 is 10.2 Å². The molecule has 0 radical (unpaired) electrons. The average molecular weight is 229 g/mol. The van der Waals surface area contributed by atoms with E-state index in [0.717, 1.165) is 18.8 Å². The maximum Gasteiger partial charge on any atom is 0.157 e. The molecule has 1 aliphatic rings. The molecule has 1 aromatic heterocycles. The lowest BCUT2D eigenvalue weighted by molar-refractivity contribution is 0.198. The molecular formula is C9H13ClN4O. The summed E-state index contributed by atoms with van der Waals surface area (Å²) in [7, 11) is 1.78. The summed E-state index contributed by atoms with van der Waals surface area (Å²) in [6.07, 6.45) is 1.93. The van der Waals surface area contributed by atoms with Crippen LogP contribution in [0.25, 0.3) is 0 Å². The van der Waals surface area contributed by atoms with Crippen LogP contribution in [0.15, 0.2) is 6.33 Å². The van der Waals surface area contributed by atoms with Gasteiger partial charge in [0.2, 0.25) is 0 Å². The van der Waals surface area contributed by atoms with Crippen LogP contribution in [0.5, 0.6) is 0 Å². The zero-order valence-corrected chi connectivity index (χ0v) is 9.20. The van der Waals surface area contributed by atoms with Gasteiger partial charge in [-0.2, -0.15) is 0 Å². The summed E-state index contributed by atoms with van der Waals surface area (Å²) in [5.74, 6) is 0.758. The summed E-state index contributed by atoms with van der Waals surface area (Å²) in [6, 6.07) is 0. The molecule has 2 N–H and O–H groups in total. The molecule has 82 valence electrons. The summed E-state index contributed by atoms with van der Waals surface area (Å²) in [4.78, 5) is 10.1. The van der Waals surface area contributed by atoms with E-state index in [1.807, 2.05) is 4.90 Å². The van der Waals surface area contributed by atoms with E-state index in [2.05, 4.69) is 15.3 Å². The van der Waals surface area contributed by atoms with Gasteiger partial charge < -0.3 is 15.3 Å². The quantitative estimate of drug-likeness (QED) is 0.732. The van der Waals surface area contributed by atoms with Gasteiger partial charge in [0.15, 0.2) is 11.0 Å². The van der Waals surface area contributed by atoms with E-state index in [-0.39, 0.29) is 6.10 Å². The minimum Gasteiger partial charge on any atom is -0.391 e. The zero-order valence-electron chi connectivity index (χ0n) is 8.44. The van der Waals surface area contributed by atoms with Crippen molar-refractivity contribution in [1.82, 2.24) is 9.97 Å². The normalized spacial score (nSPS) is 20.7. The Morgan fingerprint density at radius 2 is 2.40 bits per heavy atom. The molecule has 1 saturated heterocycles. The first kappa shape index (κ1) is 10.4. The van der Waals surface area contributed by atoms with Crippen molar-refractivity contribution in [1.29, 1.82) is 0 Å². The molecular weight excluding hydrogens is 216 g/mol. The van der Waals surface area contributed by atoms with E-state index in [1.54, 1.807) is 7.05 Å². The monoisotopic (exact) mass is 228 g/mol. The van der Waals surface area contributed by atoms with Crippen LogP contribution in [0.1, 0.15) is 6.42 Å². The lowest BCUT2D eigenvalue weighted by atomic mass is 10.3. The molecule has 0 amide bonds. The molecule has 0 bridgehead atoms. The molecule has 1 aromatic rings. The Morgan fingerprint density at radius 1 is 1.60 bits per heavy atom. The second kappa shape index (κ2) is 4.20. The van der Waals surface area contributed by atoms with Gasteiger partial charge in [0.1, 0.15) is 12.0 Å². The van der Waals surface area contributed by atoms with Gasteiger partial charge in [0.25, 0.3) is 0 Å². The first-order valence-electron chi connectivity index (χ1n) is 4.83. The van der Waals surface area contributed by atoms with Crippen molar-refractivity contribution in [3.8, 4) is 0 Å². The zero-order chi connectivity index (χ0) is 10.8. The van der Waals surface area contributed by atoms with Crippen LogP contribution in [0, 0.1) is 0 Å². The maximum absolute atomic E-state index is 9.46. The lowest BCUT2D eigenvalue weighted by Crippen LogP contribution is -2.23. The Kier molecular flexibility index (Phi) is 2.93. The number of rotatable bonds is 2. The molecule has 0 aromatic carbocycles. The van der Waals surface area contributed by atoms with Crippen LogP contribution in [0.3, 0.4) is 0 Å². The van der Waals surface area contributed by atoms with E-state index in [0.29, 0.717) is 17.4 Å². The van der Waals surface area contributed by atoms with E-state index in [1.165, 1.54) is 6.33 Å². The second-order valence-electron chi connectivity index (χ2n) is 3.50. The Labute approximate surface area is 93.1 Å². The molecule has 2 rings (SSSR count). The highest BCUT2D eigenvalue weighted by Gasteiger charge is 2.24. The number of anilines is 2. The highest BCUT2D eigenvalue weighted by Crippen LogP contribution is 2.30. The summed E-state index contributed by atoms with van der Waals surface area (Å²) in [5, 5.41) is 12.8. The van der Waals surface area contributed by atoms with Crippen LogP contribution in [-0.4, -0.2) is 41.3 Å². The van der Waals surface area contributed by atoms with Crippen LogP contribution in [-0.2, 0) is 0 Å². The third-order valence-electron chi connectivity index (χ3n) is 2.49. The van der Waals surface area contributed by atoms with Crippen molar-refractivity contribution < 1.29 is 5.11 Å². The molecule has 2 heterocycles. The third-order valence-corrected chi connectivity index (χ3v) is 2.78. The van der Waals surface area contributed by atoms with E-state index < -0.39 is 0 Å². The molecule has 1 aliphatic heterocycles. The SMILES string of the molecule is CNc1c(Cl)ncnc1N1CC[C@H](O)C1. The number of halogens is 1. The minimum absolute atomic E-state index is 0.275. The van der Waals surface area contributed by atoms with Crippen molar-refractivity contribution in [3.63, 3.8) is 0 Å². The van der Waals surface area contributed by atoms with Crippen molar-refractivity contribution in [3.05, 3.63) is 11.5 Å². The van der Waals surface area contributed by atoms with E-state index in [9.17, 15) is 5.11 Å². The van der Waals surface area contributed by atoms with Gasteiger partial charge in [-0.05, 0) is 6.42 Å². The summed E-state index contributed by atoms with van der Waals surface area (Å²) in [5.41, 5.74) is 0.716. The topological polar surface area (TPSA) is 61.3 Å². The number of nitrogens with zero attached hydrogens (tertiary/aromatic N) is 3. The number of hydrogen-bond donors (Lipinski definition) is 2. The highest BCUT2D eigenvalue weighted by atomic mass is 35.5. The predicted molar refractivity (Wildman–Crippen MR) is 59.4 cm³/mol. The van der Waals surface area contributed by atoms with Crippen molar-refractivity contribution >= 4 is 23.1 Å². The highest BCUT2D eigenvalue weighted by molar-refractivity contribution is 6.32. The molecule has 0 unspecified atom stereocenters. The maximum atomic E-state index is 9.46. The largest absolute Gasteiger partial charge is 0.391 e. The fourth-order valence-electron chi connectivity index (χ4n) is 1.74. The van der Waals surface area contributed by atoms with E-state index in [4.69, 9.17) is 11.6 Å². The number of aliphatic hydroxyl groups is 1. The smallest absolute Gasteiger partial charge is 0.157 e. The Bertz CT molecular complexity index is 360. The van der Waals surface area contributed by atoms with Gasteiger partial charge in [-0.25, -0.2) is 9.97 Å². The summed E-state index contributed by atoms with van der Waals surface area (Å²) in [6.45, 7) is 1.39. The fraction of sp³-hybridized carbons (Fsp3) is 0.556. The van der Waals surface area contributed by atoms with Gasteiger partial charge in [-0.1, -0.05) is 11.6 Å². The van der Waals surface area contributed by atoms with Crippen LogP contribution in [0.4, 0.5) is 11.5 Å². The molecule has 1 fully saturated rings. The van der Waals surface area contributed by atoms with Crippen molar-refractivity contribution in [2.45, 2.75) is 12.5 Å². The first-order chi connectivity index (χ1) is 7.22. The number of aliphatic hydroxyl groups excluding tert-OH is 1. The van der Waals surface area contributed by atoms with E-state index >= 15 is 0 Å². The number of aromatic nitrogens is 2. The van der Waals surface area contributed by atoms with Gasteiger partial charge in [0.05, 0.1) is 6.10 Å². The van der Waals surface area contributed by atoms with Crippen molar-refractivity contribution in [2.75, 3.05) is 30.4 Å². The molecule has 0 saturated carbocycles. The second-order valence-corrected chi connectivity index (χ2v) is 3.86. The molecule has 5 nitrogen and oxygen atoms in total. The Balaban J connectivity index is 2.31. The predicted octanol–water partition coefficient (Wildman–Crippen LogP) is 0.743. The number of β-amino-alcohol motifs (C(OH)–C–C–N with tert-alkyl or cyclic N) is 1. The average Bonchev–Trinajstić information content (AvgIpc) is 2.64. The minimum atomic E-state index is -0.275. The molecule has 15 heavy (non-hydrogen) atoms. The number of nitrogens with one attached hydrogen (secondary N) is 1. The standard InChI is InChI=1S/C9H13ClN4O/c1-11-7-8(10)12-5-13-9(7)14-3-2-6(15)4-14/h5-6,11,15H,2-4H2,1H3/t6-/m0/s1. The number of hydrogen-bond acceptors (Lipinski definition) is 5. The van der Waals surface area contributed by atoms with Gasteiger partial charge in [0, 0.05) is 20.1 Å². The summed E-state index contributed by atoms with van der Waals surface area (Å²) >= 11 is 5.94. The van der Waals surface area contributed by atoms with Crippen LogP contribution >= 0.6 is 11.6 Å². The molecule has 0 aliphatic carbocycles. The molecule has 6 heteroatoms. The first-order valence-corrected chi connectivity index (χ1v) is 5.21. The van der Waals surface area contributed by atoms with Gasteiger partial charge >= 0.3 is 0 Å². The molecule has 0 spiro atoms. The third kappa shape index (κ3) is 1.98. The van der Waals surface area contributed by atoms with Gasteiger partial charge in [-0.3, -0.25) is 0 Å². The van der Waals surface area contributed by atoms with Crippen LogP contribution in [0.2, 0.25) is 5.15 Å². The van der Waals surface area contributed by atoms with Gasteiger partial charge in [-0.15, -0.1) is 0 Å². The fourth-order valence-corrected chi connectivity index (χ4v) is 1.97.